The van der Waals surface area contributed by atoms with E-state index in [9.17, 15) is 4.79 Å². The molecule has 0 radical (unpaired) electrons. The highest BCUT2D eigenvalue weighted by atomic mass is 32.1. The van der Waals surface area contributed by atoms with E-state index in [1.54, 1.807) is 34.2 Å². The summed E-state index contributed by atoms with van der Waals surface area (Å²) in [6, 6.07) is 7.38. The molecular weight excluding hydrogens is 240 g/mol. The number of hydrogen-bond acceptors (Lipinski definition) is 3. The Bertz CT molecular complexity index is 558. The van der Waals surface area contributed by atoms with Crippen molar-refractivity contribution in [2.45, 2.75) is 6.54 Å². The van der Waals surface area contributed by atoms with E-state index in [2.05, 4.69) is 0 Å². The van der Waals surface area contributed by atoms with Gasteiger partial charge in [0.25, 0.3) is 5.56 Å². The molecule has 0 aliphatic rings. The molecule has 0 bridgehead atoms. The maximum absolute atomic E-state index is 11.9. The van der Waals surface area contributed by atoms with Crippen molar-refractivity contribution >= 4 is 28.5 Å². The van der Waals surface area contributed by atoms with Crippen LogP contribution >= 0.6 is 23.6 Å². The van der Waals surface area contributed by atoms with Crippen molar-refractivity contribution in [3.8, 4) is 0 Å². The summed E-state index contributed by atoms with van der Waals surface area (Å²) in [7, 11) is 0. The molecule has 2 aromatic heterocycles. The molecule has 5 heteroatoms. The van der Waals surface area contributed by atoms with Gasteiger partial charge in [0, 0.05) is 11.1 Å². The van der Waals surface area contributed by atoms with Gasteiger partial charge in [0.05, 0.1) is 12.1 Å². The number of hydrogen-bond donors (Lipinski definition) is 1. The summed E-state index contributed by atoms with van der Waals surface area (Å²) < 4.78 is 1.61. The zero-order valence-corrected chi connectivity index (χ0v) is 10.1. The molecule has 0 spiro atoms. The van der Waals surface area contributed by atoms with Gasteiger partial charge in [-0.25, -0.2) is 0 Å². The molecule has 0 aromatic carbocycles. The van der Waals surface area contributed by atoms with E-state index in [4.69, 9.17) is 18.0 Å². The first kappa shape index (κ1) is 11.0. The largest absolute Gasteiger partial charge is 0.389 e. The summed E-state index contributed by atoms with van der Waals surface area (Å²) in [4.78, 5) is 13.2. The van der Waals surface area contributed by atoms with Crippen molar-refractivity contribution in [3.05, 3.63) is 56.6 Å². The molecule has 16 heavy (non-hydrogen) atoms. The van der Waals surface area contributed by atoms with Crippen LogP contribution < -0.4 is 11.3 Å². The Morgan fingerprint density at radius 2 is 2.25 bits per heavy atom. The molecule has 0 saturated carbocycles. The SMILES string of the molecule is NC(=S)c1cccn(Cc2cccs2)c1=O. The monoisotopic (exact) mass is 250 g/mol. The highest BCUT2D eigenvalue weighted by molar-refractivity contribution is 7.80. The van der Waals surface area contributed by atoms with Gasteiger partial charge in [-0.1, -0.05) is 18.3 Å². The third kappa shape index (κ3) is 2.20. The molecule has 0 saturated heterocycles. The minimum Gasteiger partial charge on any atom is -0.389 e. The summed E-state index contributed by atoms with van der Waals surface area (Å²) in [6.45, 7) is 0.562. The minimum absolute atomic E-state index is 0.136. The lowest BCUT2D eigenvalue weighted by Crippen LogP contribution is -2.28. The highest BCUT2D eigenvalue weighted by Gasteiger charge is 2.05. The van der Waals surface area contributed by atoms with Crippen LogP contribution in [0, 0.1) is 0 Å². The van der Waals surface area contributed by atoms with Crippen LogP contribution in [-0.4, -0.2) is 9.56 Å². The number of rotatable bonds is 3. The Morgan fingerprint density at radius 1 is 1.44 bits per heavy atom. The summed E-state index contributed by atoms with van der Waals surface area (Å²) >= 11 is 6.44. The number of pyridine rings is 1. The van der Waals surface area contributed by atoms with Crippen molar-refractivity contribution in [2.75, 3.05) is 0 Å². The van der Waals surface area contributed by atoms with Crippen LogP contribution in [0.4, 0.5) is 0 Å². The second-order valence-electron chi connectivity index (χ2n) is 3.30. The van der Waals surface area contributed by atoms with Gasteiger partial charge in [-0.05, 0) is 23.6 Å². The lowest BCUT2D eigenvalue weighted by molar-refractivity contribution is 0.768. The van der Waals surface area contributed by atoms with Gasteiger partial charge in [0.1, 0.15) is 4.99 Å². The van der Waals surface area contributed by atoms with E-state index in [-0.39, 0.29) is 10.5 Å². The maximum Gasteiger partial charge on any atom is 0.261 e. The Hall–Kier alpha value is -1.46. The topological polar surface area (TPSA) is 48.0 Å². The molecule has 0 aliphatic carbocycles. The summed E-state index contributed by atoms with van der Waals surface area (Å²) in [6.07, 6.45) is 1.74. The van der Waals surface area contributed by atoms with Crippen molar-refractivity contribution in [2.24, 2.45) is 5.73 Å². The predicted molar refractivity (Wildman–Crippen MR) is 70.0 cm³/mol. The van der Waals surface area contributed by atoms with Crippen LogP contribution in [-0.2, 0) is 6.54 Å². The van der Waals surface area contributed by atoms with Crippen LogP contribution in [0.3, 0.4) is 0 Å². The third-order valence-corrected chi connectivity index (χ3v) is 3.27. The lowest BCUT2D eigenvalue weighted by atomic mass is 10.3. The summed E-state index contributed by atoms with van der Waals surface area (Å²) in [5, 5.41) is 1.98. The molecule has 3 nitrogen and oxygen atoms in total. The molecule has 0 atom stereocenters. The fourth-order valence-electron chi connectivity index (χ4n) is 1.42. The number of nitrogens with zero attached hydrogens (tertiary/aromatic N) is 1. The number of thiophene rings is 1. The maximum atomic E-state index is 11.9. The molecule has 2 N–H and O–H groups in total. The van der Waals surface area contributed by atoms with Crippen LogP contribution in [0.5, 0.6) is 0 Å². The summed E-state index contributed by atoms with van der Waals surface area (Å²) in [5.41, 5.74) is 5.74. The van der Waals surface area contributed by atoms with Gasteiger partial charge in [0.15, 0.2) is 0 Å². The Labute approximate surface area is 102 Å². The van der Waals surface area contributed by atoms with Gasteiger partial charge < -0.3 is 10.3 Å². The molecular formula is C11H10N2OS2. The van der Waals surface area contributed by atoms with Crippen LogP contribution in [0.1, 0.15) is 10.4 Å². The Balaban J connectivity index is 2.39. The Kier molecular flexibility index (Phi) is 3.17. The van der Waals surface area contributed by atoms with Gasteiger partial charge in [0.2, 0.25) is 0 Å². The van der Waals surface area contributed by atoms with Gasteiger partial charge >= 0.3 is 0 Å². The first-order valence-corrected chi connectivity index (χ1v) is 5.99. The van der Waals surface area contributed by atoms with E-state index in [0.29, 0.717) is 12.1 Å². The molecule has 0 fully saturated rings. The molecule has 0 unspecified atom stereocenters. The molecule has 2 rings (SSSR count). The zero-order valence-electron chi connectivity index (χ0n) is 8.42. The zero-order chi connectivity index (χ0) is 11.5. The van der Waals surface area contributed by atoms with Gasteiger partial charge in [-0.15, -0.1) is 11.3 Å². The normalized spacial score (nSPS) is 10.2. The Morgan fingerprint density at radius 3 is 2.88 bits per heavy atom. The molecule has 82 valence electrons. The first-order valence-electron chi connectivity index (χ1n) is 4.70. The predicted octanol–water partition coefficient (Wildman–Crippen LogP) is 1.59. The minimum atomic E-state index is -0.136. The van der Waals surface area contributed by atoms with E-state index >= 15 is 0 Å². The van der Waals surface area contributed by atoms with Crippen molar-refractivity contribution < 1.29 is 0 Å². The molecule has 0 aliphatic heterocycles. The lowest BCUT2D eigenvalue weighted by Gasteiger charge is -2.05. The third-order valence-electron chi connectivity index (χ3n) is 2.19. The molecule has 2 heterocycles. The van der Waals surface area contributed by atoms with Crippen LogP contribution in [0.2, 0.25) is 0 Å². The second kappa shape index (κ2) is 4.59. The standard InChI is InChI=1S/C11H10N2OS2/c12-10(15)9-4-1-5-13(11(9)14)7-8-3-2-6-16-8/h1-6H,7H2,(H2,12,15). The van der Waals surface area contributed by atoms with Crippen LogP contribution in [0.15, 0.2) is 40.6 Å². The van der Waals surface area contributed by atoms with E-state index in [0.717, 1.165) is 4.88 Å². The second-order valence-corrected chi connectivity index (χ2v) is 4.77. The van der Waals surface area contributed by atoms with Crippen LogP contribution in [0.25, 0.3) is 0 Å². The number of nitrogens with two attached hydrogens (primary N) is 1. The fourth-order valence-corrected chi connectivity index (χ4v) is 2.28. The van der Waals surface area contributed by atoms with Crippen molar-refractivity contribution in [1.29, 1.82) is 0 Å². The van der Waals surface area contributed by atoms with Crippen molar-refractivity contribution in [3.63, 3.8) is 0 Å². The van der Waals surface area contributed by atoms with Gasteiger partial charge in [-0.2, -0.15) is 0 Å². The molecule has 0 amide bonds. The number of thiocarbonyl (C=S) groups is 1. The smallest absolute Gasteiger partial charge is 0.261 e. The highest BCUT2D eigenvalue weighted by Crippen LogP contribution is 2.09. The average Bonchev–Trinajstić information content (AvgIpc) is 2.73. The summed E-state index contributed by atoms with van der Waals surface area (Å²) in [5.74, 6) is 0. The number of aromatic nitrogens is 1. The fraction of sp³-hybridized carbons (Fsp3) is 0.0909. The average molecular weight is 250 g/mol. The van der Waals surface area contributed by atoms with E-state index in [1.165, 1.54) is 0 Å². The van der Waals surface area contributed by atoms with Gasteiger partial charge in [-0.3, -0.25) is 4.79 Å². The quantitative estimate of drug-likeness (QED) is 0.842. The van der Waals surface area contributed by atoms with E-state index < -0.39 is 0 Å². The van der Waals surface area contributed by atoms with Crippen molar-refractivity contribution in [1.82, 2.24) is 4.57 Å². The molecule has 2 aromatic rings. The van der Waals surface area contributed by atoms with E-state index in [1.807, 2.05) is 17.5 Å². The first-order chi connectivity index (χ1) is 7.68.